The molecular formula is C11H19N3O4. The molecule has 3 amide bonds. The third-order valence-corrected chi connectivity index (χ3v) is 2.95. The Morgan fingerprint density at radius 3 is 2.44 bits per heavy atom. The van der Waals surface area contributed by atoms with E-state index in [-0.39, 0.29) is 11.8 Å². The average molecular weight is 257 g/mol. The lowest BCUT2D eigenvalue weighted by molar-refractivity contribution is -0.140. The van der Waals surface area contributed by atoms with E-state index in [4.69, 9.17) is 5.11 Å². The molecule has 2 atom stereocenters. The summed E-state index contributed by atoms with van der Waals surface area (Å²) in [7, 11) is 1.66. The highest BCUT2D eigenvalue weighted by Gasteiger charge is 2.31. The van der Waals surface area contributed by atoms with E-state index in [9.17, 15) is 14.4 Å². The van der Waals surface area contributed by atoms with E-state index < -0.39 is 24.1 Å². The molecule has 1 rings (SSSR count). The molecule has 0 aromatic rings. The molecule has 3 N–H and O–H groups in total. The van der Waals surface area contributed by atoms with Crippen LogP contribution in [0, 0.1) is 5.92 Å². The number of likely N-dealkylation sites (N-methyl/N-ethyl adjacent to an activating group) is 1. The zero-order chi connectivity index (χ0) is 13.9. The maximum Gasteiger partial charge on any atom is 0.326 e. The number of hydrogen-bond acceptors (Lipinski definition) is 3. The summed E-state index contributed by atoms with van der Waals surface area (Å²) in [6, 6.07) is -2.14. The Morgan fingerprint density at radius 1 is 1.44 bits per heavy atom. The molecule has 1 aliphatic heterocycles. The van der Waals surface area contributed by atoms with Gasteiger partial charge in [-0.1, -0.05) is 13.8 Å². The van der Waals surface area contributed by atoms with Crippen molar-refractivity contribution in [1.29, 1.82) is 0 Å². The highest BCUT2D eigenvalue weighted by Crippen LogP contribution is 2.08. The number of carboxylic acid groups (broad SMARTS) is 1. The molecule has 0 spiro atoms. The maximum absolute atomic E-state index is 11.6. The van der Waals surface area contributed by atoms with Crippen molar-refractivity contribution in [2.45, 2.75) is 32.4 Å². The largest absolute Gasteiger partial charge is 0.480 e. The van der Waals surface area contributed by atoms with Crippen molar-refractivity contribution in [3.8, 4) is 0 Å². The van der Waals surface area contributed by atoms with Gasteiger partial charge in [-0.05, 0) is 12.3 Å². The summed E-state index contributed by atoms with van der Waals surface area (Å²) in [5.74, 6) is -1.47. The predicted octanol–water partition coefficient (Wildman–Crippen LogP) is -0.374. The fourth-order valence-electron chi connectivity index (χ4n) is 1.81. The van der Waals surface area contributed by atoms with Gasteiger partial charge in [-0.15, -0.1) is 0 Å². The molecule has 0 aliphatic carbocycles. The summed E-state index contributed by atoms with van der Waals surface area (Å²) in [5.41, 5.74) is 0. The van der Waals surface area contributed by atoms with Gasteiger partial charge in [0.25, 0.3) is 0 Å². The number of carboxylic acids is 1. The van der Waals surface area contributed by atoms with Gasteiger partial charge in [0.2, 0.25) is 5.91 Å². The van der Waals surface area contributed by atoms with Gasteiger partial charge in [-0.25, -0.2) is 9.59 Å². The minimum Gasteiger partial charge on any atom is -0.480 e. The number of amides is 3. The van der Waals surface area contributed by atoms with Crippen LogP contribution < -0.4 is 10.6 Å². The van der Waals surface area contributed by atoms with E-state index in [1.807, 2.05) is 0 Å². The summed E-state index contributed by atoms with van der Waals surface area (Å²) in [5, 5.41) is 13.8. The number of urea groups is 1. The molecule has 1 aliphatic rings. The molecule has 2 unspecified atom stereocenters. The van der Waals surface area contributed by atoms with Gasteiger partial charge in [-0.2, -0.15) is 0 Å². The molecule has 7 nitrogen and oxygen atoms in total. The van der Waals surface area contributed by atoms with Gasteiger partial charge in [0.15, 0.2) is 0 Å². The van der Waals surface area contributed by atoms with E-state index in [1.165, 1.54) is 4.90 Å². The molecule has 1 heterocycles. The van der Waals surface area contributed by atoms with Crippen LogP contribution in [0.2, 0.25) is 0 Å². The molecule has 1 saturated heterocycles. The number of hydrogen-bond donors (Lipinski definition) is 3. The average Bonchev–Trinajstić information content (AvgIpc) is 2.57. The van der Waals surface area contributed by atoms with E-state index >= 15 is 0 Å². The Kier molecular flexibility index (Phi) is 4.52. The molecule has 0 bridgehead atoms. The predicted molar refractivity (Wildman–Crippen MR) is 64.0 cm³/mol. The zero-order valence-corrected chi connectivity index (χ0v) is 10.8. The molecule has 1 fully saturated rings. The van der Waals surface area contributed by atoms with Crippen molar-refractivity contribution in [3.63, 3.8) is 0 Å². The molecular weight excluding hydrogens is 238 g/mol. The van der Waals surface area contributed by atoms with Crippen LogP contribution in [0.15, 0.2) is 0 Å². The molecule has 102 valence electrons. The standard InChI is InChI=1S/C11H19N3O4/c1-6(2)8(10(16)17)13-11(18)12-7-4-5-14(3)9(7)15/h6-8H,4-5H2,1-3H3,(H,16,17)(H2,12,13,18). The lowest BCUT2D eigenvalue weighted by atomic mass is 10.1. The Labute approximate surface area is 106 Å². The summed E-state index contributed by atoms with van der Waals surface area (Å²) >= 11 is 0. The Balaban J connectivity index is 2.51. The minimum atomic E-state index is -1.09. The molecule has 7 heteroatoms. The van der Waals surface area contributed by atoms with Crippen LogP contribution in [0.3, 0.4) is 0 Å². The topological polar surface area (TPSA) is 98.7 Å². The Morgan fingerprint density at radius 2 is 2.06 bits per heavy atom. The first kappa shape index (κ1) is 14.3. The van der Waals surface area contributed by atoms with Crippen molar-refractivity contribution in [3.05, 3.63) is 0 Å². The highest BCUT2D eigenvalue weighted by atomic mass is 16.4. The summed E-state index contributed by atoms with van der Waals surface area (Å²) < 4.78 is 0. The first-order chi connectivity index (χ1) is 8.32. The van der Waals surface area contributed by atoms with Gasteiger partial charge < -0.3 is 20.6 Å². The molecule has 0 saturated carbocycles. The number of likely N-dealkylation sites (tertiary alicyclic amines) is 1. The van der Waals surface area contributed by atoms with Crippen LogP contribution in [-0.4, -0.2) is 53.6 Å². The maximum atomic E-state index is 11.6. The van der Waals surface area contributed by atoms with Gasteiger partial charge in [0, 0.05) is 13.6 Å². The Hall–Kier alpha value is -1.79. The number of rotatable bonds is 4. The third kappa shape index (κ3) is 3.35. The second-order valence-electron chi connectivity index (χ2n) is 4.78. The highest BCUT2D eigenvalue weighted by molar-refractivity contribution is 5.89. The normalized spacial score (nSPS) is 21.0. The number of carbonyl (C=O) groups excluding carboxylic acids is 2. The van der Waals surface area contributed by atoms with E-state index in [0.717, 1.165) is 0 Å². The lowest BCUT2D eigenvalue weighted by Gasteiger charge is -2.19. The van der Waals surface area contributed by atoms with Crippen molar-refractivity contribution in [1.82, 2.24) is 15.5 Å². The quantitative estimate of drug-likeness (QED) is 0.639. The second kappa shape index (κ2) is 5.70. The fourth-order valence-corrected chi connectivity index (χ4v) is 1.81. The van der Waals surface area contributed by atoms with Gasteiger partial charge in [0.05, 0.1) is 0 Å². The summed E-state index contributed by atoms with van der Waals surface area (Å²) in [6.07, 6.45) is 0.544. The number of carbonyl (C=O) groups is 3. The second-order valence-corrected chi connectivity index (χ2v) is 4.78. The third-order valence-electron chi connectivity index (χ3n) is 2.95. The monoisotopic (exact) mass is 257 g/mol. The van der Waals surface area contributed by atoms with Crippen LogP contribution in [0.5, 0.6) is 0 Å². The molecule has 0 aromatic heterocycles. The van der Waals surface area contributed by atoms with Crippen molar-refractivity contribution in [2.24, 2.45) is 5.92 Å². The minimum absolute atomic E-state index is 0.151. The summed E-state index contributed by atoms with van der Waals surface area (Å²) in [4.78, 5) is 35.6. The fraction of sp³-hybridized carbons (Fsp3) is 0.727. The van der Waals surface area contributed by atoms with E-state index in [0.29, 0.717) is 13.0 Å². The first-order valence-electron chi connectivity index (χ1n) is 5.87. The lowest BCUT2D eigenvalue weighted by Crippen LogP contribution is -2.52. The van der Waals surface area contributed by atoms with Gasteiger partial charge in [-0.3, -0.25) is 4.79 Å². The zero-order valence-electron chi connectivity index (χ0n) is 10.8. The summed E-state index contributed by atoms with van der Waals surface area (Å²) in [6.45, 7) is 4.00. The SMILES string of the molecule is CC(C)C(NC(=O)NC1CCN(C)C1=O)C(=O)O. The van der Waals surface area contributed by atoms with Gasteiger partial charge in [0.1, 0.15) is 12.1 Å². The number of aliphatic carboxylic acids is 1. The molecule has 18 heavy (non-hydrogen) atoms. The van der Waals surface area contributed by atoms with Crippen LogP contribution >= 0.6 is 0 Å². The number of nitrogens with zero attached hydrogens (tertiary/aromatic N) is 1. The molecule has 0 aromatic carbocycles. The van der Waals surface area contributed by atoms with Crippen LogP contribution in [-0.2, 0) is 9.59 Å². The van der Waals surface area contributed by atoms with Crippen molar-refractivity contribution < 1.29 is 19.5 Å². The Bertz CT molecular complexity index is 356. The van der Waals surface area contributed by atoms with Gasteiger partial charge >= 0.3 is 12.0 Å². The number of nitrogens with one attached hydrogen (secondary N) is 2. The van der Waals surface area contributed by atoms with Crippen LogP contribution in [0.4, 0.5) is 4.79 Å². The molecule has 0 radical (unpaired) electrons. The van der Waals surface area contributed by atoms with Crippen LogP contribution in [0.25, 0.3) is 0 Å². The smallest absolute Gasteiger partial charge is 0.326 e. The van der Waals surface area contributed by atoms with E-state index in [1.54, 1.807) is 20.9 Å². The van der Waals surface area contributed by atoms with E-state index in [2.05, 4.69) is 10.6 Å². The first-order valence-corrected chi connectivity index (χ1v) is 5.87. The van der Waals surface area contributed by atoms with Crippen molar-refractivity contribution in [2.75, 3.05) is 13.6 Å². The van der Waals surface area contributed by atoms with Crippen LogP contribution in [0.1, 0.15) is 20.3 Å². The van der Waals surface area contributed by atoms with Crippen molar-refractivity contribution >= 4 is 17.9 Å².